The maximum Gasteiger partial charge on any atom is 0.222 e. The summed E-state index contributed by atoms with van der Waals surface area (Å²) in [4.78, 5) is 13.4. The van der Waals surface area contributed by atoms with Crippen LogP contribution in [-0.4, -0.2) is 29.8 Å². The van der Waals surface area contributed by atoms with E-state index in [2.05, 4.69) is 12.1 Å². The van der Waals surface area contributed by atoms with Crippen molar-refractivity contribution in [1.29, 1.82) is 0 Å². The third-order valence-electron chi connectivity index (χ3n) is 2.65. The summed E-state index contributed by atoms with van der Waals surface area (Å²) >= 11 is 5.85. The van der Waals surface area contributed by atoms with Crippen LogP contribution in [0.4, 0.5) is 0 Å². The average molecular weight is 254 g/mol. The first-order chi connectivity index (χ1) is 8.09. The monoisotopic (exact) mass is 253 g/mol. The zero-order valence-electron chi connectivity index (χ0n) is 10.5. The molecular formula is C14H20ClNO. The van der Waals surface area contributed by atoms with Crippen LogP contribution in [0.25, 0.3) is 0 Å². The number of benzene rings is 1. The van der Waals surface area contributed by atoms with Crippen molar-refractivity contribution in [2.24, 2.45) is 0 Å². The smallest absolute Gasteiger partial charge is 0.222 e. The average Bonchev–Trinajstić information content (AvgIpc) is 2.29. The zero-order chi connectivity index (χ0) is 12.7. The molecule has 0 N–H and O–H groups in total. The molecule has 0 aliphatic rings. The maximum absolute atomic E-state index is 11.7. The fourth-order valence-corrected chi connectivity index (χ4v) is 1.97. The van der Waals surface area contributed by atoms with Crippen LogP contribution in [0.1, 0.15) is 25.3 Å². The lowest BCUT2D eigenvalue weighted by Crippen LogP contribution is -2.31. The molecule has 0 fully saturated rings. The molecule has 1 amide bonds. The van der Waals surface area contributed by atoms with Gasteiger partial charge in [-0.3, -0.25) is 4.79 Å². The molecule has 1 unspecified atom stereocenters. The molecule has 0 saturated carbocycles. The number of hydrogen-bond donors (Lipinski definition) is 0. The van der Waals surface area contributed by atoms with E-state index in [0.29, 0.717) is 13.0 Å². The van der Waals surface area contributed by atoms with Gasteiger partial charge in [0.05, 0.1) is 0 Å². The van der Waals surface area contributed by atoms with E-state index in [-0.39, 0.29) is 11.3 Å². The third kappa shape index (κ3) is 5.73. The molecular weight excluding hydrogens is 234 g/mol. The van der Waals surface area contributed by atoms with Gasteiger partial charge in [0.2, 0.25) is 5.91 Å². The van der Waals surface area contributed by atoms with Crippen LogP contribution in [0.5, 0.6) is 0 Å². The predicted molar refractivity (Wildman–Crippen MR) is 72.3 cm³/mol. The molecule has 0 radical (unpaired) electrons. The van der Waals surface area contributed by atoms with Crippen molar-refractivity contribution in [3.05, 3.63) is 35.9 Å². The molecule has 1 aromatic carbocycles. The lowest BCUT2D eigenvalue weighted by molar-refractivity contribution is -0.129. The molecule has 0 aliphatic carbocycles. The third-order valence-corrected chi connectivity index (χ3v) is 2.79. The normalized spacial score (nSPS) is 12.2. The molecule has 0 spiro atoms. The molecule has 0 saturated heterocycles. The van der Waals surface area contributed by atoms with Crippen molar-refractivity contribution in [1.82, 2.24) is 4.90 Å². The SMILES string of the molecule is CC(Cl)CN(C)C(=O)CCCc1ccccc1. The van der Waals surface area contributed by atoms with Gasteiger partial charge in [-0.25, -0.2) is 0 Å². The summed E-state index contributed by atoms with van der Waals surface area (Å²) in [5, 5.41) is 0.0121. The summed E-state index contributed by atoms with van der Waals surface area (Å²) in [6, 6.07) is 10.2. The first kappa shape index (κ1) is 14.0. The van der Waals surface area contributed by atoms with Crippen molar-refractivity contribution in [3.63, 3.8) is 0 Å². The van der Waals surface area contributed by atoms with Gasteiger partial charge < -0.3 is 4.90 Å². The zero-order valence-corrected chi connectivity index (χ0v) is 11.3. The van der Waals surface area contributed by atoms with Crippen LogP contribution in [0, 0.1) is 0 Å². The van der Waals surface area contributed by atoms with E-state index in [1.54, 1.807) is 4.90 Å². The van der Waals surface area contributed by atoms with Crippen LogP contribution in [0.15, 0.2) is 30.3 Å². The van der Waals surface area contributed by atoms with Gasteiger partial charge in [0.25, 0.3) is 0 Å². The molecule has 17 heavy (non-hydrogen) atoms. The van der Waals surface area contributed by atoms with Crippen molar-refractivity contribution in [2.45, 2.75) is 31.6 Å². The lowest BCUT2D eigenvalue weighted by atomic mass is 10.1. The van der Waals surface area contributed by atoms with Gasteiger partial charge in [-0.15, -0.1) is 11.6 Å². The summed E-state index contributed by atoms with van der Waals surface area (Å²) in [5.74, 6) is 0.174. The van der Waals surface area contributed by atoms with Crippen LogP contribution >= 0.6 is 11.6 Å². The van der Waals surface area contributed by atoms with Crippen LogP contribution < -0.4 is 0 Å². The molecule has 1 atom stereocenters. The number of aryl methyl sites for hydroxylation is 1. The van der Waals surface area contributed by atoms with Crippen LogP contribution in [0.2, 0.25) is 0 Å². The fourth-order valence-electron chi connectivity index (χ4n) is 1.76. The number of nitrogens with zero attached hydrogens (tertiary/aromatic N) is 1. The van der Waals surface area contributed by atoms with Crippen molar-refractivity contribution in [2.75, 3.05) is 13.6 Å². The van der Waals surface area contributed by atoms with Gasteiger partial charge >= 0.3 is 0 Å². The minimum absolute atomic E-state index is 0.0121. The summed E-state index contributed by atoms with van der Waals surface area (Å²) in [6.07, 6.45) is 2.44. The minimum atomic E-state index is 0.0121. The van der Waals surface area contributed by atoms with Crippen LogP contribution in [-0.2, 0) is 11.2 Å². The largest absolute Gasteiger partial charge is 0.344 e. The molecule has 3 heteroatoms. The Balaban J connectivity index is 2.24. The second-order valence-corrected chi connectivity index (χ2v) is 5.14. The van der Waals surface area contributed by atoms with Gasteiger partial charge in [0.15, 0.2) is 0 Å². The Morgan fingerprint density at radius 2 is 2.00 bits per heavy atom. The van der Waals surface area contributed by atoms with Gasteiger partial charge in [-0.1, -0.05) is 30.3 Å². The Labute approximate surface area is 109 Å². The molecule has 0 aliphatic heterocycles. The molecule has 94 valence electrons. The van der Waals surface area contributed by atoms with E-state index in [0.717, 1.165) is 12.8 Å². The number of amides is 1. The highest BCUT2D eigenvalue weighted by atomic mass is 35.5. The van der Waals surface area contributed by atoms with Crippen molar-refractivity contribution in [3.8, 4) is 0 Å². The number of halogens is 1. The summed E-state index contributed by atoms with van der Waals surface area (Å²) < 4.78 is 0. The quantitative estimate of drug-likeness (QED) is 0.714. The molecule has 1 aromatic rings. The minimum Gasteiger partial charge on any atom is -0.344 e. The Hall–Kier alpha value is -1.02. The van der Waals surface area contributed by atoms with E-state index >= 15 is 0 Å². The van der Waals surface area contributed by atoms with Gasteiger partial charge in [0.1, 0.15) is 0 Å². The van der Waals surface area contributed by atoms with Gasteiger partial charge in [-0.05, 0) is 25.3 Å². The number of hydrogen-bond acceptors (Lipinski definition) is 1. The Bertz CT molecular complexity index is 337. The van der Waals surface area contributed by atoms with E-state index in [1.165, 1.54) is 5.56 Å². The number of carbonyl (C=O) groups excluding carboxylic acids is 1. The standard InChI is InChI=1S/C14H20ClNO/c1-12(15)11-16(2)14(17)10-6-9-13-7-4-3-5-8-13/h3-5,7-8,12H,6,9-11H2,1-2H3. The highest BCUT2D eigenvalue weighted by Crippen LogP contribution is 2.06. The van der Waals surface area contributed by atoms with Crippen molar-refractivity contribution >= 4 is 17.5 Å². The Morgan fingerprint density at radius 3 is 2.59 bits per heavy atom. The van der Waals surface area contributed by atoms with E-state index in [9.17, 15) is 4.79 Å². The van der Waals surface area contributed by atoms with Crippen molar-refractivity contribution < 1.29 is 4.79 Å². The molecule has 0 aromatic heterocycles. The molecule has 0 bridgehead atoms. The number of alkyl halides is 1. The van der Waals surface area contributed by atoms with E-state index in [4.69, 9.17) is 11.6 Å². The Kier molecular flexibility index (Phi) is 6.06. The number of rotatable bonds is 6. The van der Waals surface area contributed by atoms with Crippen LogP contribution in [0.3, 0.4) is 0 Å². The number of carbonyl (C=O) groups is 1. The highest BCUT2D eigenvalue weighted by molar-refractivity contribution is 6.20. The first-order valence-corrected chi connectivity index (χ1v) is 6.45. The molecule has 0 heterocycles. The maximum atomic E-state index is 11.7. The first-order valence-electron chi connectivity index (χ1n) is 6.01. The topological polar surface area (TPSA) is 20.3 Å². The summed E-state index contributed by atoms with van der Waals surface area (Å²) in [7, 11) is 1.81. The van der Waals surface area contributed by atoms with Gasteiger partial charge in [0, 0.05) is 25.4 Å². The second kappa shape index (κ2) is 7.33. The summed E-state index contributed by atoms with van der Waals surface area (Å²) in [5.41, 5.74) is 1.29. The Morgan fingerprint density at radius 1 is 1.35 bits per heavy atom. The lowest BCUT2D eigenvalue weighted by Gasteiger charge is -2.18. The van der Waals surface area contributed by atoms with E-state index < -0.39 is 0 Å². The molecule has 1 rings (SSSR count). The second-order valence-electron chi connectivity index (χ2n) is 4.39. The fraction of sp³-hybridized carbons (Fsp3) is 0.500. The van der Waals surface area contributed by atoms with E-state index in [1.807, 2.05) is 32.2 Å². The highest BCUT2D eigenvalue weighted by Gasteiger charge is 2.10. The summed E-state index contributed by atoms with van der Waals surface area (Å²) in [6.45, 7) is 2.51. The predicted octanol–water partition coefficient (Wildman–Crippen LogP) is 3.10. The molecule has 2 nitrogen and oxygen atoms in total. The van der Waals surface area contributed by atoms with Gasteiger partial charge in [-0.2, -0.15) is 0 Å².